The van der Waals surface area contributed by atoms with Gasteiger partial charge in [0.2, 0.25) is 0 Å². The van der Waals surface area contributed by atoms with Crippen molar-refractivity contribution in [2.45, 2.75) is 33.6 Å². The third-order valence-electron chi connectivity index (χ3n) is 4.61. The quantitative estimate of drug-likeness (QED) is 0.387. The van der Waals surface area contributed by atoms with Crippen LogP contribution in [0, 0.1) is 13.8 Å². The normalized spacial score (nSPS) is 10.8. The Kier molecular flexibility index (Phi) is 6.15. The van der Waals surface area contributed by atoms with Crippen LogP contribution >= 0.6 is 0 Å². The Labute approximate surface area is 166 Å². The standard InChI is InChI=1S/C25H26O3/c1-17(2)23-14-7-19(4)15-24(23)27-16-25(26)28-22-12-10-21(11-13-22)20-8-5-18(3)6-9-20/h5-15,17H,16H2,1-4H3. The summed E-state index contributed by atoms with van der Waals surface area (Å²) in [6.45, 7) is 8.15. The van der Waals surface area contributed by atoms with E-state index in [1.54, 1.807) is 12.1 Å². The van der Waals surface area contributed by atoms with Crippen molar-refractivity contribution in [3.05, 3.63) is 83.4 Å². The van der Waals surface area contributed by atoms with Crippen molar-refractivity contribution in [3.63, 3.8) is 0 Å². The minimum Gasteiger partial charge on any atom is -0.482 e. The molecule has 3 nitrogen and oxygen atoms in total. The minimum atomic E-state index is -0.417. The number of esters is 1. The second-order valence-corrected chi connectivity index (χ2v) is 7.35. The van der Waals surface area contributed by atoms with Gasteiger partial charge in [0.05, 0.1) is 0 Å². The lowest BCUT2D eigenvalue weighted by molar-refractivity contribution is -0.136. The molecule has 0 aliphatic rings. The Morgan fingerprint density at radius 2 is 1.39 bits per heavy atom. The summed E-state index contributed by atoms with van der Waals surface area (Å²) in [6, 6.07) is 21.9. The number of carbonyl (C=O) groups is 1. The summed E-state index contributed by atoms with van der Waals surface area (Å²) in [5.41, 5.74) is 5.62. The third-order valence-corrected chi connectivity index (χ3v) is 4.61. The van der Waals surface area contributed by atoms with Gasteiger partial charge in [0.1, 0.15) is 11.5 Å². The van der Waals surface area contributed by atoms with Crippen molar-refractivity contribution in [2.75, 3.05) is 6.61 Å². The van der Waals surface area contributed by atoms with Crippen molar-refractivity contribution in [1.29, 1.82) is 0 Å². The first kappa shape index (κ1) is 19.7. The maximum Gasteiger partial charge on any atom is 0.349 e. The number of benzene rings is 3. The van der Waals surface area contributed by atoms with Gasteiger partial charge in [0, 0.05) is 0 Å². The molecular weight excluding hydrogens is 348 g/mol. The third kappa shape index (κ3) is 5.01. The molecule has 28 heavy (non-hydrogen) atoms. The molecule has 144 valence electrons. The first-order valence-corrected chi connectivity index (χ1v) is 9.53. The van der Waals surface area contributed by atoms with E-state index in [0.717, 1.165) is 28.0 Å². The zero-order valence-corrected chi connectivity index (χ0v) is 16.9. The SMILES string of the molecule is Cc1ccc(-c2ccc(OC(=O)COc3cc(C)ccc3C(C)C)cc2)cc1. The molecule has 0 heterocycles. The maximum absolute atomic E-state index is 12.2. The number of carbonyl (C=O) groups excluding carboxylic acids is 1. The van der Waals surface area contributed by atoms with E-state index >= 15 is 0 Å². The largest absolute Gasteiger partial charge is 0.482 e. The van der Waals surface area contributed by atoms with E-state index in [4.69, 9.17) is 9.47 Å². The molecule has 0 N–H and O–H groups in total. The summed E-state index contributed by atoms with van der Waals surface area (Å²) >= 11 is 0. The molecule has 0 aliphatic carbocycles. The number of aryl methyl sites for hydroxylation is 2. The maximum atomic E-state index is 12.2. The molecule has 0 amide bonds. The number of hydrogen-bond acceptors (Lipinski definition) is 3. The van der Waals surface area contributed by atoms with E-state index in [1.165, 1.54) is 5.56 Å². The minimum absolute atomic E-state index is 0.122. The Hall–Kier alpha value is -3.07. The van der Waals surface area contributed by atoms with Gasteiger partial charge in [-0.25, -0.2) is 4.79 Å². The van der Waals surface area contributed by atoms with E-state index in [-0.39, 0.29) is 6.61 Å². The van der Waals surface area contributed by atoms with Crippen LogP contribution in [-0.2, 0) is 4.79 Å². The molecule has 0 saturated heterocycles. The number of hydrogen-bond donors (Lipinski definition) is 0. The molecule has 3 heteroatoms. The number of rotatable bonds is 6. The summed E-state index contributed by atoms with van der Waals surface area (Å²) in [7, 11) is 0. The van der Waals surface area contributed by atoms with Crippen LogP contribution in [0.1, 0.15) is 36.5 Å². The zero-order chi connectivity index (χ0) is 20.1. The van der Waals surface area contributed by atoms with Gasteiger partial charge >= 0.3 is 5.97 Å². The van der Waals surface area contributed by atoms with Gasteiger partial charge < -0.3 is 9.47 Å². The molecule has 0 bridgehead atoms. The topological polar surface area (TPSA) is 35.5 Å². The lowest BCUT2D eigenvalue weighted by Gasteiger charge is -2.14. The van der Waals surface area contributed by atoms with Gasteiger partial charge in [-0.2, -0.15) is 0 Å². The van der Waals surface area contributed by atoms with Gasteiger partial charge in [-0.3, -0.25) is 0 Å². The van der Waals surface area contributed by atoms with Crippen molar-refractivity contribution in [2.24, 2.45) is 0 Å². The summed E-state index contributed by atoms with van der Waals surface area (Å²) in [5.74, 6) is 1.15. The molecule has 3 aromatic rings. The van der Waals surface area contributed by atoms with E-state index < -0.39 is 5.97 Å². The van der Waals surface area contributed by atoms with Crippen LogP contribution < -0.4 is 9.47 Å². The van der Waals surface area contributed by atoms with Crippen molar-refractivity contribution < 1.29 is 14.3 Å². The van der Waals surface area contributed by atoms with Gasteiger partial charge in [-0.1, -0.05) is 67.9 Å². The van der Waals surface area contributed by atoms with Crippen molar-refractivity contribution in [3.8, 4) is 22.6 Å². The summed E-state index contributed by atoms with van der Waals surface area (Å²) in [5, 5.41) is 0. The smallest absolute Gasteiger partial charge is 0.349 e. The van der Waals surface area contributed by atoms with E-state index in [0.29, 0.717) is 11.7 Å². The Morgan fingerprint density at radius 3 is 2.00 bits per heavy atom. The average Bonchev–Trinajstić information content (AvgIpc) is 2.67. The van der Waals surface area contributed by atoms with Crippen molar-refractivity contribution in [1.82, 2.24) is 0 Å². The molecule has 3 rings (SSSR count). The van der Waals surface area contributed by atoms with Crippen LogP contribution in [0.2, 0.25) is 0 Å². The van der Waals surface area contributed by atoms with Gasteiger partial charge in [-0.15, -0.1) is 0 Å². The second kappa shape index (κ2) is 8.75. The van der Waals surface area contributed by atoms with Gasteiger partial charge in [-0.05, 0) is 60.2 Å². The van der Waals surface area contributed by atoms with Crippen LogP contribution in [0.5, 0.6) is 11.5 Å². The van der Waals surface area contributed by atoms with Crippen LogP contribution in [0.4, 0.5) is 0 Å². The van der Waals surface area contributed by atoms with Gasteiger partial charge in [0.15, 0.2) is 6.61 Å². The fourth-order valence-electron chi connectivity index (χ4n) is 3.00. The van der Waals surface area contributed by atoms with Crippen LogP contribution in [0.3, 0.4) is 0 Å². The van der Waals surface area contributed by atoms with Crippen LogP contribution in [0.15, 0.2) is 66.7 Å². The van der Waals surface area contributed by atoms with E-state index in [2.05, 4.69) is 51.1 Å². The molecule has 3 aromatic carbocycles. The predicted molar refractivity (Wildman–Crippen MR) is 113 cm³/mol. The van der Waals surface area contributed by atoms with Crippen molar-refractivity contribution >= 4 is 5.97 Å². The fourth-order valence-corrected chi connectivity index (χ4v) is 3.00. The molecule has 0 radical (unpaired) electrons. The molecule has 0 fully saturated rings. The Bertz CT molecular complexity index is 939. The molecule has 0 aliphatic heterocycles. The monoisotopic (exact) mass is 374 g/mol. The molecule has 0 atom stereocenters. The summed E-state index contributed by atoms with van der Waals surface area (Å²) in [4.78, 5) is 12.2. The zero-order valence-electron chi connectivity index (χ0n) is 16.9. The highest BCUT2D eigenvalue weighted by Crippen LogP contribution is 2.27. The van der Waals surface area contributed by atoms with E-state index in [9.17, 15) is 4.79 Å². The van der Waals surface area contributed by atoms with Crippen LogP contribution in [0.25, 0.3) is 11.1 Å². The lowest BCUT2D eigenvalue weighted by Crippen LogP contribution is -2.18. The van der Waals surface area contributed by atoms with E-state index in [1.807, 2.05) is 31.2 Å². The molecule has 0 saturated carbocycles. The molecular formula is C25H26O3. The Balaban J connectivity index is 1.61. The Morgan fingerprint density at radius 1 is 0.821 bits per heavy atom. The average molecular weight is 374 g/mol. The highest BCUT2D eigenvalue weighted by molar-refractivity contribution is 5.74. The summed E-state index contributed by atoms with van der Waals surface area (Å²) < 4.78 is 11.2. The second-order valence-electron chi connectivity index (χ2n) is 7.35. The highest BCUT2D eigenvalue weighted by Gasteiger charge is 2.12. The highest BCUT2D eigenvalue weighted by atomic mass is 16.6. The first-order valence-electron chi connectivity index (χ1n) is 9.53. The fraction of sp³-hybridized carbons (Fsp3) is 0.240. The van der Waals surface area contributed by atoms with Gasteiger partial charge in [0.25, 0.3) is 0 Å². The first-order chi connectivity index (χ1) is 13.4. The predicted octanol–water partition coefficient (Wildman–Crippen LogP) is 6.08. The molecule has 0 aromatic heterocycles. The number of ether oxygens (including phenoxy) is 2. The van der Waals surface area contributed by atoms with Crippen LogP contribution in [-0.4, -0.2) is 12.6 Å². The molecule has 0 spiro atoms. The molecule has 0 unspecified atom stereocenters. The summed E-state index contributed by atoms with van der Waals surface area (Å²) in [6.07, 6.45) is 0. The lowest BCUT2D eigenvalue weighted by atomic mass is 10.0.